The van der Waals surface area contributed by atoms with Crippen molar-refractivity contribution in [2.75, 3.05) is 5.32 Å². The molecule has 0 aliphatic carbocycles. The smallest absolute Gasteiger partial charge is 0.324 e. The Balaban J connectivity index is 1.77. The van der Waals surface area contributed by atoms with Crippen molar-refractivity contribution in [1.29, 1.82) is 0 Å². The van der Waals surface area contributed by atoms with Gasteiger partial charge >= 0.3 is 11.9 Å². The van der Waals surface area contributed by atoms with E-state index in [1.807, 2.05) is 0 Å². The summed E-state index contributed by atoms with van der Waals surface area (Å²) in [4.78, 5) is 28.0. The first-order chi connectivity index (χ1) is 12.8. The number of nitrogens with one attached hydrogen (secondary N) is 1. The van der Waals surface area contributed by atoms with Crippen LogP contribution in [0.15, 0.2) is 65.6 Å². The summed E-state index contributed by atoms with van der Waals surface area (Å²) >= 11 is 0. The van der Waals surface area contributed by atoms with Crippen molar-refractivity contribution in [1.82, 2.24) is 14.8 Å². The lowest BCUT2D eigenvalue weighted by molar-refractivity contribution is -0.137. The zero-order chi connectivity index (χ0) is 19.4. The third-order valence-electron chi connectivity index (χ3n) is 3.63. The number of carbonyl (C=O) groups excluding carboxylic acids is 1. The number of rotatable bonds is 4. The van der Waals surface area contributed by atoms with E-state index in [0.29, 0.717) is 11.3 Å². The molecule has 0 bridgehead atoms. The average Bonchev–Trinajstić information content (AvgIpc) is 2.63. The van der Waals surface area contributed by atoms with E-state index in [-0.39, 0.29) is 0 Å². The molecule has 3 rings (SSSR count). The monoisotopic (exact) mass is 374 g/mol. The Morgan fingerprint density at radius 1 is 1.04 bits per heavy atom. The molecule has 0 aliphatic rings. The van der Waals surface area contributed by atoms with Gasteiger partial charge in [0.2, 0.25) is 5.91 Å². The van der Waals surface area contributed by atoms with Gasteiger partial charge in [-0.05, 0) is 12.1 Å². The van der Waals surface area contributed by atoms with Crippen LogP contribution >= 0.6 is 0 Å². The minimum atomic E-state index is -4.61. The Labute approximate surface area is 151 Å². The van der Waals surface area contributed by atoms with Gasteiger partial charge in [0.05, 0.1) is 23.1 Å². The molecule has 0 saturated carbocycles. The van der Waals surface area contributed by atoms with Crippen molar-refractivity contribution in [2.24, 2.45) is 0 Å². The van der Waals surface area contributed by atoms with E-state index in [9.17, 15) is 22.8 Å². The maximum atomic E-state index is 13.0. The zero-order valence-electron chi connectivity index (χ0n) is 13.8. The second kappa shape index (κ2) is 7.40. The molecule has 1 heterocycles. The Kier molecular flexibility index (Phi) is 5.02. The lowest BCUT2D eigenvalue weighted by Crippen LogP contribution is -2.31. The van der Waals surface area contributed by atoms with Gasteiger partial charge in [-0.3, -0.25) is 4.79 Å². The highest BCUT2D eigenvalue weighted by Gasteiger charge is 2.33. The van der Waals surface area contributed by atoms with Gasteiger partial charge in [-0.2, -0.15) is 23.3 Å². The number of aromatic nitrogens is 3. The second-order valence-corrected chi connectivity index (χ2v) is 5.54. The normalized spacial score (nSPS) is 11.2. The van der Waals surface area contributed by atoms with Crippen molar-refractivity contribution < 1.29 is 18.0 Å². The van der Waals surface area contributed by atoms with Crippen molar-refractivity contribution in [3.8, 4) is 11.3 Å². The standard InChI is InChI=1S/C18H13F3N4O2/c19-18(20,21)13-8-4-5-9-14(13)23-16(26)11-25-17(27)24-15(10-22-25)12-6-2-1-3-7-12/h1-10H,11H2,(H,23,26). The van der Waals surface area contributed by atoms with Gasteiger partial charge in [-0.25, -0.2) is 9.48 Å². The number of alkyl halides is 3. The quantitative estimate of drug-likeness (QED) is 0.762. The van der Waals surface area contributed by atoms with E-state index in [2.05, 4.69) is 15.4 Å². The predicted molar refractivity (Wildman–Crippen MR) is 91.8 cm³/mol. The summed E-state index contributed by atoms with van der Waals surface area (Å²) in [6.45, 7) is -0.562. The van der Waals surface area contributed by atoms with Crippen LogP contribution in [-0.2, 0) is 17.5 Å². The van der Waals surface area contributed by atoms with E-state index in [1.165, 1.54) is 18.3 Å². The summed E-state index contributed by atoms with van der Waals surface area (Å²) in [5, 5.41) is 6.02. The van der Waals surface area contributed by atoms with E-state index in [1.54, 1.807) is 30.3 Å². The van der Waals surface area contributed by atoms with Gasteiger partial charge in [0, 0.05) is 5.56 Å². The fourth-order valence-electron chi connectivity index (χ4n) is 2.38. The van der Waals surface area contributed by atoms with Crippen LogP contribution in [0.2, 0.25) is 0 Å². The summed E-state index contributed by atoms with van der Waals surface area (Å²) in [5.74, 6) is -0.824. The van der Waals surface area contributed by atoms with Crippen LogP contribution in [-0.4, -0.2) is 20.7 Å². The van der Waals surface area contributed by atoms with Gasteiger partial charge in [0.25, 0.3) is 0 Å². The number of nitrogens with zero attached hydrogens (tertiary/aromatic N) is 3. The Morgan fingerprint density at radius 2 is 1.70 bits per heavy atom. The number of amides is 1. The van der Waals surface area contributed by atoms with Gasteiger partial charge in [0.15, 0.2) is 0 Å². The van der Waals surface area contributed by atoms with E-state index in [0.717, 1.165) is 16.8 Å². The van der Waals surface area contributed by atoms with Crippen LogP contribution in [0.3, 0.4) is 0 Å². The first kappa shape index (κ1) is 18.3. The molecular formula is C18H13F3N4O2. The number of hydrogen-bond donors (Lipinski definition) is 1. The van der Waals surface area contributed by atoms with E-state index >= 15 is 0 Å². The van der Waals surface area contributed by atoms with Crippen molar-refractivity contribution in [2.45, 2.75) is 12.7 Å². The number of carbonyl (C=O) groups is 1. The van der Waals surface area contributed by atoms with E-state index < -0.39 is 35.6 Å². The van der Waals surface area contributed by atoms with Crippen LogP contribution in [0.25, 0.3) is 11.3 Å². The molecular weight excluding hydrogens is 361 g/mol. The Hall–Kier alpha value is -3.49. The molecule has 27 heavy (non-hydrogen) atoms. The number of halogens is 3. The Morgan fingerprint density at radius 3 is 2.37 bits per heavy atom. The summed E-state index contributed by atoms with van der Waals surface area (Å²) in [5.41, 5.74) is -1.14. The number of para-hydroxylation sites is 1. The highest BCUT2D eigenvalue weighted by molar-refractivity contribution is 5.91. The first-order valence-electron chi connectivity index (χ1n) is 7.80. The molecule has 0 aliphatic heterocycles. The largest absolute Gasteiger partial charge is 0.418 e. The van der Waals surface area contributed by atoms with Crippen molar-refractivity contribution >= 4 is 11.6 Å². The molecule has 0 atom stereocenters. The van der Waals surface area contributed by atoms with Crippen LogP contribution < -0.4 is 11.0 Å². The fourth-order valence-corrected chi connectivity index (χ4v) is 2.38. The second-order valence-electron chi connectivity index (χ2n) is 5.54. The molecule has 138 valence electrons. The average molecular weight is 374 g/mol. The molecule has 0 saturated heterocycles. The number of hydrogen-bond acceptors (Lipinski definition) is 4. The third kappa shape index (κ3) is 4.38. The fraction of sp³-hybridized carbons (Fsp3) is 0.111. The summed E-state index contributed by atoms with van der Waals surface area (Å²) < 4.78 is 39.7. The van der Waals surface area contributed by atoms with Crippen LogP contribution in [0, 0.1) is 0 Å². The molecule has 1 aromatic heterocycles. The molecule has 1 N–H and O–H groups in total. The number of benzene rings is 2. The molecule has 0 fully saturated rings. The predicted octanol–water partition coefficient (Wildman–Crippen LogP) is 2.96. The van der Waals surface area contributed by atoms with Crippen molar-refractivity contribution in [3.63, 3.8) is 0 Å². The van der Waals surface area contributed by atoms with E-state index in [4.69, 9.17) is 0 Å². The van der Waals surface area contributed by atoms with Gasteiger partial charge in [-0.1, -0.05) is 42.5 Å². The topological polar surface area (TPSA) is 76.9 Å². The van der Waals surface area contributed by atoms with Gasteiger partial charge < -0.3 is 5.32 Å². The molecule has 0 spiro atoms. The molecule has 0 radical (unpaired) electrons. The molecule has 2 aromatic carbocycles. The maximum Gasteiger partial charge on any atom is 0.418 e. The summed E-state index contributed by atoms with van der Waals surface area (Å²) in [7, 11) is 0. The summed E-state index contributed by atoms with van der Waals surface area (Å²) in [6.07, 6.45) is -3.30. The minimum absolute atomic E-state index is 0.333. The minimum Gasteiger partial charge on any atom is -0.324 e. The lowest BCUT2D eigenvalue weighted by atomic mass is 10.1. The SMILES string of the molecule is O=C(Cn1ncc(-c2ccccc2)nc1=O)Nc1ccccc1C(F)(F)F. The van der Waals surface area contributed by atoms with Crippen LogP contribution in [0.5, 0.6) is 0 Å². The van der Waals surface area contributed by atoms with Crippen LogP contribution in [0.1, 0.15) is 5.56 Å². The number of anilines is 1. The lowest BCUT2D eigenvalue weighted by Gasteiger charge is -2.13. The Bertz CT molecular complexity index is 1020. The van der Waals surface area contributed by atoms with Crippen LogP contribution in [0.4, 0.5) is 18.9 Å². The van der Waals surface area contributed by atoms with Gasteiger partial charge in [-0.15, -0.1) is 0 Å². The zero-order valence-corrected chi connectivity index (χ0v) is 13.8. The highest BCUT2D eigenvalue weighted by Crippen LogP contribution is 2.34. The summed E-state index contributed by atoms with van der Waals surface area (Å²) in [6, 6.07) is 13.4. The highest BCUT2D eigenvalue weighted by atomic mass is 19.4. The van der Waals surface area contributed by atoms with Gasteiger partial charge in [0.1, 0.15) is 6.54 Å². The molecule has 3 aromatic rings. The molecule has 1 amide bonds. The maximum absolute atomic E-state index is 13.0. The molecule has 9 heteroatoms. The first-order valence-corrected chi connectivity index (χ1v) is 7.80. The molecule has 0 unspecified atom stereocenters. The van der Waals surface area contributed by atoms with Crippen molar-refractivity contribution in [3.05, 3.63) is 76.8 Å². The third-order valence-corrected chi connectivity index (χ3v) is 3.63. The molecule has 6 nitrogen and oxygen atoms in total.